The molecule has 1 aliphatic rings. The lowest BCUT2D eigenvalue weighted by Gasteiger charge is -2.10. The standard InChI is InChI=1S/C20H22N2O2/c23-20(13-16-6-1-2-7-16)22-14-17-8-5-10-19(12-17)24-15-18-9-3-4-11-21-18/h1,3-6,8-12,16H,2,7,13-15H2,(H,22,23). The smallest absolute Gasteiger partial charge is 0.220 e. The van der Waals surface area contributed by atoms with Crippen LogP contribution in [-0.2, 0) is 17.9 Å². The predicted octanol–water partition coefficient (Wildman–Crippen LogP) is 3.63. The predicted molar refractivity (Wildman–Crippen MR) is 93.3 cm³/mol. The summed E-state index contributed by atoms with van der Waals surface area (Å²) in [6.45, 7) is 0.959. The van der Waals surface area contributed by atoms with Gasteiger partial charge in [-0.15, -0.1) is 0 Å². The molecule has 4 nitrogen and oxygen atoms in total. The highest BCUT2D eigenvalue weighted by Crippen LogP contribution is 2.20. The lowest BCUT2D eigenvalue weighted by Crippen LogP contribution is -2.24. The normalized spacial score (nSPS) is 16.1. The van der Waals surface area contributed by atoms with Gasteiger partial charge in [0.05, 0.1) is 5.69 Å². The van der Waals surface area contributed by atoms with Gasteiger partial charge in [-0.2, -0.15) is 0 Å². The molecule has 0 radical (unpaired) electrons. The van der Waals surface area contributed by atoms with Crippen LogP contribution in [0.15, 0.2) is 60.8 Å². The number of hydrogen-bond donors (Lipinski definition) is 1. The summed E-state index contributed by atoms with van der Waals surface area (Å²) in [7, 11) is 0. The van der Waals surface area contributed by atoms with E-state index in [4.69, 9.17) is 4.74 Å². The van der Waals surface area contributed by atoms with Gasteiger partial charge in [0.1, 0.15) is 12.4 Å². The van der Waals surface area contributed by atoms with Gasteiger partial charge < -0.3 is 10.1 Å². The molecule has 0 fully saturated rings. The van der Waals surface area contributed by atoms with Crippen LogP contribution in [0.2, 0.25) is 0 Å². The lowest BCUT2D eigenvalue weighted by molar-refractivity contribution is -0.121. The fourth-order valence-corrected chi connectivity index (χ4v) is 2.76. The maximum atomic E-state index is 12.0. The maximum Gasteiger partial charge on any atom is 0.220 e. The number of benzene rings is 1. The molecule has 0 bridgehead atoms. The minimum atomic E-state index is 0.103. The molecule has 1 aromatic heterocycles. The van der Waals surface area contributed by atoms with Crippen LogP contribution in [0.25, 0.3) is 0 Å². The van der Waals surface area contributed by atoms with Crippen molar-refractivity contribution in [2.45, 2.75) is 32.4 Å². The molecule has 1 heterocycles. The van der Waals surface area contributed by atoms with Gasteiger partial charge >= 0.3 is 0 Å². The molecule has 4 heteroatoms. The number of hydrogen-bond acceptors (Lipinski definition) is 3. The first-order valence-electron chi connectivity index (χ1n) is 8.34. The third kappa shape index (κ3) is 4.95. The second-order valence-corrected chi connectivity index (χ2v) is 6.00. The molecule has 1 aromatic carbocycles. The molecule has 0 spiro atoms. The molecule has 1 N–H and O–H groups in total. The highest BCUT2D eigenvalue weighted by Gasteiger charge is 2.13. The van der Waals surface area contributed by atoms with Crippen molar-refractivity contribution in [3.05, 3.63) is 72.1 Å². The first kappa shape index (κ1) is 16.2. The van der Waals surface area contributed by atoms with Gasteiger partial charge in [0.15, 0.2) is 0 Å². The molecule has 0 aliphatic heterocycles. The van der Waals surface area contributed by atoms with Crippen molar-refractivity contribution in [3.63, 3.8) is 0 Å². The molecule has 0 saturated heterocycles. The molecule has 1 atom stereocenters. The Bertz CT molecular complexity index is 698. The van der Waals surface area contributed by atoms with Gasteiger partial charge in [0, 0.05) is 19.2 Å². The molecule has 1 unspecified atom stereocenters. The second kappa shape index (κ2) is 8.29. The summed E-state index contributed by atoms with van der Waals surface area (Å²) in [4.78, 5) is 16.2. The van der Waals surface area contributed by atoms with E-state index >= 15 is 0 Å². The Morgan fingerprint density at radius 1 is 1.25 bits per heavy atom. The van der Waals surface area contributed by atoms with Crippen LogP contribution in [0, 0.1) is 5.92 Å². The highest BCUT2D eigenvalue weighted by molar-refractivity contribution is 5.76. The molecule has 1 amide bonds. The van der Waals surface area contributed by atoms with E-state index in [2.05, 4.69) is 22.5 Å². The van der Waals surface area contributed by atoms with Gasteiger partial charge in [0.2, 0.25) is 5.91 Å². The lowest BCUT2D eigenvalue weighted by atomic mass is 10.1. The summed E-state index contributed by atoms with van der Waals surface area (Å²) < 4.78 is 5.76. The van der Waals surface area contributed by atoms with E-state index in [1.807, 2.05) is 42.5 Å². The summed E-state index contributed by atoms with van der Waals surface area (Å²) in [6, 6.07) is 13.6. The summed E-state index contributed by atoms with van der Waals surface area (Å²) >= 11 is 0. The summed E-state index contributed by atoms with van der Waals surface area (Å²) in [6.07, 6.45) is 8.81. The van der Waals surface area contributed by atoms with Crippen LogP contribution in [-0.4, -0.2) is 10.9 Å². The van der Waals surface area contributed by atoms with Crippen molar-refractivity contribution in [2.75, 3.05) is 0 Å². The van der Waals surface area contributed by atoms with E-state index in [1.165, 1.54) is 0 Å². The molecular formula is C20H22N2O2. The second-order valence-electron chi connectivity index (χ2n) is 6.00. The fourth-order valence-electron chi connectivity index (χ4n) is 2.76. The van der Waals surface area contributed by atoms with Crippen molar-refractivity contribution < 1.29 is 9.53 Å². The molecule has 2 aromatic rings. The van der Waals surface area contributed by atoms with E-state index in [-0.39, 0.29) is 5.91 Å². The first-order valence-corrected chi connectivity index (χ1v) is 8.34. The van der Waals surface area contributed by atoms with E-state index in [0.29, 0.717) is 25.5 Å². The van der Waals surface area contributed by atoms with E-state index in [1.54, 1.807) is 6.20 Å². The minimum absolute atomic E-state index is 0.103. The Balaban J connectivity index is 1.47. The van der Waals surface area contributed by atoms with Crippen LogP contribution in [0.4, 0.5) is 0 Å². The number of ether oxygens (including phenoxy) is 1. The van der Waals surface area contributed by atoms with Gasteiger partial charge in [-0.25, -0.2) is 0 Å². The Morgan fingerprint density at radius 2 is 2.21 bits per heavy atom. The number of aromatic nitrogens is 1. The molecule has 3 rings (SSSR count). The summed E-state index contributed by atoms with van der Waals surface area (Å²) in [5, 5.41) is 2.99. The SMILES string of the molecule is O=C(CC1C=CCC1)NCc1cccc(OCc2ccccn2)c1. The number of rotatable bonds is 7. The zero-order valence-corrected chi connectivity index (χ0v) is 13.7. The molecular weight excluding hydrogens is 300 g/mol. The average Bonchev–Trinajstić information content (AvgIpc) is 3.12. The van der Waals surface area contributed by atoms with Crippen LogP contribution >= 0.6 is 0 Å². The summed E-state index contributed by atoms with van der Waals surface area (Å²) in [5.41, 5.74) is 1.92. The number of amides is 1. The quantitative estimate of drug-likeness (QED) is 0.792. The zero-order valence-electron chi connectivity index (χ0n) is 13.7. The Hall–Kier alpha value is -2.62. The van der Waals surface area contributed by atoms with Crippen LogP contribution < -0.4 is 10.1 Å². The van der Waals surface area contributed by atoms with Crippen molar-refractivity contribution in [3.8, 4) is 5.75 Å². The van der Waals surface area contributed by atoms with Crippen molar-refractivity contribution >= 4 is 5.91 Å². The minimum Gasteiger partial charge on any atom is -0.487 e. The average molecular weight is 322 g/mol. The number of allylic oxidation sites excluding steroid dienone is 2. The van der Waals surface area contributed by atoms with Crippen molar-refractivity contribution in [1.82, 2.24) is 10.3 Å². The number of nitrogens with one attached hydrogen (secondary N) is 1. The third-order valence-electron chi connectivity index (χ3n) is 4.06. The van der Waals surface area contributed by atoms with E-state index in [0.717, 1.165) is 29.8 Å². The molecule has 24 heavy (non-hydrogen) atoms. The molecule has 124 valence electrons. The van der Waals surface area contributed by atoms with E-state index in [9.17, 15) is 4.79 Å². The number of carbonyl (C=O) groups excluding carboxylic acids is 1. The number of carbonyl (C=O) groups is 1. The van der Waals surface area contributed by atoms with Gasteiger partial charge in [0.25, 0.3) is 0 Å². The Morgan fingerprint density at radius 3 is 3.00 bits per heavy atom. The fraction of sp³-hybridized carbons (Fsp3) is 0.300. The van der Waals surface area contributed by atoms with Crippen LogP contribution in [0.5, 0.6) is 5.75 Å². The monoisotopic (exact) mass is 322 g/mol. The summed E-state index contributed by atoms with van der Waals surface area (Å²) in [5.74, 6) is 1.29. The number of pyridine rings is 1. The Labute approximate surface area is 142 Å². The first-order chi connectivity index (χ1) is 11.8. The zero-order chi connectivity index (χ0) is 16.6. The maximum absolute atomic E-state index is 12.0. The van der Waals surface area contributed by atoms with Gasteiger partial charge in [-0.3, -0.25) is 9.78 Å². The Kier molecular flexibility index (Phi) is 5.61. The van der Waals surface area contributed by atoms with E-state index < -0.39 is 0 Å². The van der Waals surface area contributed by atoms with Crippen LogP contribution in [0.3, 0.4) is 0 Å². The largest absolute Gasteiger partial charge is 0.487 e. The number of nitrogens with zero attached hydrogens (tertiary/aromatic N) is 1. The van der Waals surface area contributed by atoms with Crippen molar-refractivity contribution in [2.24, 2.45) is 5.92 Å². The highest BCUT2D eigenvalue weighted by atomic mass is 16.5. The van der Waals surface area contributed by atoms with Gasteiger partial charge in [-0.05, 0) is 48.6 Å². The third-order valence-corrected chi connectivity index (χ3v) is 4.06. The van der Waals surface area contributed by atoms with Crippen LogP contribution in [0.1, 0.15) is 30.5 Å². The van der Waals surface area contributed by atoms with Crippen molar-refractivity contribution in [1.29, 1.82) is 0 Å². The molecule has 1 aliphatic carbocycles. The topological polar surface area (TPSA) is 51.2 Å². The van der Waals surface area contributed by atoms with Gasteiger partial charge in [-0.1, -0.05) is 30.4 Å². The molecule has 0 saturated carbocycles.